The van der Waals surface area contributed by atoms with Crippen LogP contribution in [0, 0.1) is 5.82 Å². The Morgan fingerprint density at radius 3 is 2.58 bits per heavy atom. The molecule has 0 bridgehead atoms. The monoisotopic (exact) mass is 330 g/mol. The molecule has 0 aliphatic carbocycles. The normalized spacial score (nSPS) is 12.2. The van der Waals surface area contributed by atoms with Crippen LogP contribution in [0.4, 0.5) is 14.9 Å². The zero-order valence-electron chi connectivity index (χ0n) is 10.9. The van der Waals surface area contributed by atoms with Crippen molar-refractivity contribution in [2.75, 3.05) is 0 Å². The third kappa shape index (κ3) is 5.69. The van der Waals surface area contributed by atoms with Gasteiger partial charge in [-0.25, -0.2) is 14.2 Å². The van der Waals surface area contributed by atoms with Gasteiger partial charge in [-0.2, -0.15) is 0 Å². The summed E-state index contributed by atoms with van der Waals surface area (Å²) >= 11 is 3.16. The van der Waals surface area contributed by atoms with Crippen LogP contribution in [0.5, 0.6) is 0 Å². The lowest BCUT2D eigenvalue weighted by atomic mass is 10.1. The van der Waals surface area contributed by atoms with Crippen molar-refractivity contribution in [3.8, 4) is 0 Å². The van der Waals surface area contributed by atoms with Crippen LogP contribution in [-0.2, 0) is 0 Å². The molecule has 1 rings (SSSR count). The number of carbonyl (C=O) groups is 1. The minimum atomic E-state index is -0.452. The number of aliphatic imine (C=N–C) groups is 1. The van der Waals surface area contributed by atoms with Gasteiger partial charge in [0.2, 0.25) is 5.96 Å². The Bertz CT molecular complexity index is 511. The zero-order valence-corrected chi connectivity index (χ0v) is 12.5. The van der Waals surface area contributed by atoms with Crippen LogP contribution >= 0.6 is 15.9 Å². The standard InChI is InChI=1S/C12H16BrFN4O/c1-12(2,3)18-11(19)17-10(15)16-9-5-4-7(14)6-8(9)13/h4-6H,1-3H3,(H4,15,16,17,18,19). The van der Waals surface area contributed by atoms with Crippen molar-refractivity contribution in [2.45, 2.75) is 26.3 Å². The van der Waals surface area contributed by atoms with E-state index in [2.05, 4.69) is 31.6 Å². The minimum absolute atomic E-state index is 0.0749. The number of hydrogen-bond acceptors (Lipinski definition) is 2. The first-order valence-corrected chi connectivity index (χ1v) is 6.35. The lowest BCUT2D eigenvalue weighted by Crippen LogP contribution is -2.50. The Balaban J connectivity index is 2.74. The molecule has 0 unspecified atom stereocenters. The second-order valence-corrected chi connectivity index (χ2v) is 5.78. The molecule has 4 N–H and O–H groups in total. The number of benzene rings is 1. The van der Waals surface area contributed by atoms with Crippen LogP contribution in [0.3, 0.4) is 0 Å². The maximum absolute atomic E-state index is 12.9. The fourth-order valence-corrected chi connectivity index (χ4v) is 1.66. The molecule has 0 saturated carbocycles. The summed E-state index contributed by atoms with van der Waals surface area (Å²) in [6.45, 7) is 5.53. The molecule has 104 valence electrons. The molecule has 1 aromatic carbocycles. The minimum Gasteiger partial charge on any atom is -0.369 e. The molecule has 0 spiro atoms. The van der Waals surface area contributed by atoms with Crippen molar-refractivity contribution in [2.24, 2.45) is 10.7 Å². The molecule has 0 atom stereocenters. The molecule has 0 radical (unpaired) electrons. The molecule has 5 nitrogen and oxygen atoms in total. The van der Waals surface area contributed by atoms with E-state index >= 15 is 0 Å². The number of nitrogens with two attached hydrogens (primary N) is 1. The van der Waals surface area contributed by atoms with Crippen molar-refractivity contribution >= 4 is 33.6 Å². The Labute approximate surface area is 119 Å². The highest BCUT2D eigenvalue weighted by molar-refractivity contribution is 9.10. The lowest BCUT2D eigenvalue weighted by Gasteiger charge is -2.20. The molecule has 0 aliphatic heterocycles. The van der Waals surface area contributed by atoms with Crippen molar-refractivity contribution in [1.82, 2.24) is 10.6 Å². The molecule has 7 heteroatoms. The maximum atomic E-state index is 12.9. The highest BCUT2D eigenvalue weighted by Gasteiger charge is 2.14. The third-order valence-electron chi connectivity index (χ3n) is 1.88. The summed E-state index contributed by atoms with van der Waals surface area (Å²) in [6.07, 6.45) is 0. The van der Waals surface area contributed by atoms with Gasteiger partial charge >= 0.3 is 6.03 Å². The Morgan fingerprint density at radius 2 is 2.05 bits per heavy atom. The number of nitrogens with zero attached hydrogens (tertiary/aromatic N) is 1. The highest BCUT2D eigenvalue weighted by atomic mass is 79.9. The van der Waals surface area contributed by atoms with Gasteiger partial charge in [-0.05, 0) is 54.9 Å². The van der Waals surface area contributed by atoms with Crippen molar-refractivity contribution in [1.29, 1.82) is 0 Å². The van der Waals surface area contributed by atoms with Crippen LogP contribution in [0.1, 0.15) is 20.8 Å². The van der Waals surface area contributed by atoms with Gasteiger partial charge in [0.1, 0.15) is 5.82 Å². The fraction of sp³-hybridized carbons (Fsp3) is 0.333. The van der Waals surface area contributed by atoms with Crippen molar-refractivity contribution in [3.05, 3.63) is 28.5 Å². The van der Waals surface area contributed by atoms with E-state index in [0.717, 1.165) is 0 Å². The van der Waals surface area contributed by atoms with Crippen LogP contribution in [0.15, 0.2) is 27.7 Å². The Hall–Kier alpha value is -1.63. The number of nitrogens with one attached hydrogen (secondary N) is 2. The topological polar surface area (TPSA) is 79.5 Å². The third-order valence-corrected chi connectivity index (χ3v) is 2.52. The van der Waals surface area contributed by atoms with Crippen molar-refractivity contribution < 1.29 is 9.18 Å². The summed E-state index contributed by atoms with van der Waals surface area (Å²) in [5.41, 5.74) is 5.65. The van der Waals surface area contributed by atoms with E-state index in [-0.39, 0.29) is 17.3 Å². The van der Waals surface area contributed by atoms with Gasteiger partial charge in [0, 0.05) is 10.0 Å². The Kier molecular flexibility index (Phi) is 4.88. The fourth-order valence-electron chi connectivity index (χ4n) is 1.22. The molecule has 1 aromatic rings. The number of rotatable bonds is 1. The molecule has 19 heavy (non-hydrogen) atoms. The van der Waals surface area contributed by atoms with E-state index in [9.17, 15) is 9.18 Å². The van der Waals surface area contributed by atoms with E-state index < -0.39 is 6.03 Å². The zero-order chi connectivity index (χ0) is 14.6. The summed E-state index contributed by atoms with van der Waals surface area (Å²) in [6, 6.07) is 3.52. The number of carbonyl (C=O) groups excluding carboxylic acids is 1. The van der Waals surface area contributed by atoms with Gasteiger partial charge in [-0.1, -0.05) is 0 Å². The van der Waals surface area contributed by atoms with Crippen LogP contribution in [-0.4, -0.2) is 17.5 Å². The summed E-state index contributed by atoms with van der Waals surface area (Å²) in [4.78, 5) is 15.5. The van der Waals surface area contributed by atoms with Gasteiger partial charge in [0.05, 0.1) is 5.69 Å². The molecule has 0 aromatic heterocycles. The van der Waals surface area contributed by atoms with E-state index in [4.69, 9.17) is 5.73 Å². The predicted octanol–water partition coefficient (Wildman–Crippen LogP) is 2.63. The van der Waals surface area contributed by atoms with Crippen LogP contribution < -0.4 is 16.4 Å². The molecule has 0 heterocycles. The van der Waals surface area contributed by atoms with Gasteiger partial charge < -0.3 is 11.1 Å². The van der Waals surface area contributed by atoms with Crippen molar-refractivity contribution in [3.63, 3.8) is 0 Å². The Morgan fingerprint density at radius 1 is 1.42 bits per heavy atom. The first-order chi connectivity index (χ1) is 8.67. The molecule has 0 saturated heterocycles. The van der Waals surface area contributed by atoms with Gasteiger partial charge in [-0.15, -0.1) is 0 Å². The average Bonchev–Trinajstić information content (AvgIpc) is 2.19. The van der Waals surface area contributed by atoms with E-state index in [1.54, 1.807) is 0 Å². The summed E-state index contributed by atoms with van der Waals surface area (Å²) in [5.74, 6) is -0.461. The predicted molar refractivity (Wildman–Crippen MR) is 76.8 cm³/mol. The first-order valence-electron chi connectivity index (χ1n) is 5.56. The van der Waals surface area contributed by atoms with Gasteiger partial charge in [-0.3, -0.25) is 5.32 Å². The highest BCUT2D eigenvalue weighted by Crippen LogP contribution is 2.25. The molecule has 0 fully saturated rings. The van der Waals surface area contributed by atoms with Crippen LogP contribution in [0.2, 0.25) is 0 Å². The van der Waals surface area contributed by atoms with Gasteiger partial charge in [0.25, 0.3) is 0 Å². The van der Waals surface area contributed by atoms with E-state index in [1.165, 1.54) is 18.2 Å². The number of amides is 2. The molecule has 2 amide bonds. The second kappa shape index (κ2) is 6.01. The maximum Gasteiger partial charge on any atom is 0.321 e. The number of halogens is 2. The quantitative estimate of drug-likeness (QED) is 0.546. The van der Waals surface area contributed by atoms with Crippen LogP contribution in [0.25, 0.3) is 0 Å². The van der Waals surface area contributed by atoms with E-state index in [0.29, 0.717) is 10.2 Å². The molecule has 0 aliphatic rings. The molecular formula is C12H16BrFN4O. The SMILES string of the molecule is CC(C)(C)NC(=O)NC(N)=Nc1ccc(F)cc1Br. The molecular weight excluding hydrogens is 315 g/mol. The number of guanidine groups is 1. The smallest absolute Gasteiger partial charge is 0.321 e. The largest absolute Gasteiger partial charge is 0.369 e. The number of hydrogen-bond donors (Lipinski definition) is 3. The first kappa shape index (κ1) is 15.4. The summed E-state index contributed by atoms with van der Waals surface area (Å²) in [5, 5.41) is 5.07. The summed E-state index contributed by atoms with van der Waals surface area (Å²) in [7, 11) is 0. The number of urea groups is 1. The van der Waals surface area contributed by atoms with E-state index in [1.807, 2.05) is 20.8 Å². The second-order valence-electron chi connectivity index (χ2n) is 4.92. The lowest BCUT2D eigenvalue weighted by molar-refractivity contribution is 0.236. The average molecular weight is 331 g/mol. The van der Waals surface area contributed by atoms with Gasteiger partial charge in [0.15, 0.2) is 0 Å². The summed E-state index contributed by atoms with van der Waals surface area (Å²) < 4.78 is 13.3.